The Kier molecular flexibility index (Phi) is 6.71. The average Bonchev–Trinajstić information content (AvgIpc) is 2.46. The highest BCUT2D eigenvalue weighted by Gasteiger charge is 1.96. The fourth-order valence-electron chi connectivity index (χ4n) is 1.51. The lowest BCUT2D eigenvalue weighted by Crippen LogP contribution is -1.90. The summed E-state index contributed by atoms with van der Waals surface area (Å²) >= 11 is 0. The maximum atomic E-state index is 11.2. The second-order valence-electron chi connectivity index (χ2n) is 4.85. The van der Waals surface area contributed by atoms with Gasteiger partial charge in [-0.3, -0.25) is 4.79 Å². The molecule has 0 saturated carbocycles. The van der Waals surface area contributed by atoms with Crippen LogP contribution in [0.1, 0.15) is 36.7 Å². The zero-order valence-corrected chi connectivity index (χ0v) is 12.8. The summed E-state index contributed by atoms with van der Waals surface area (Å²) in [6, 6.07) is 7.29. The van der Waals surface area contributed by atoms with Gasteiger partial charge in [0.1, 0.15) is 0 Å². The van der Waals surface area contributed by atoms with Crippen LogP contribution in [-0.4, -0.2) is 5.78 Å². The average molecular weight is 276 g/mol. The minimum atomic E-state index is 0.0643. The predicted molar refractivity (Wildman–Crippen MR) is 90.2 cm³/mol. The van der Waals surface area contributed by atoms with E-state index in [4.69, 9.17) is 0 Å². The molecule has 1 rings (SSSR count). The van der Waals surface area contributed by atoms with Crippen molar-refractivity contribution in [1.82, 2.24) is 0 Å². The van der Waals surface area contributed by atoms with Crippen molar-refractivity contribution in [2.75, 3.05) is 0 Å². The third-order valence-corrected chi connectivity index (χ3v) is 2.71. The lowest BCUT2D eigenvalue weighted by atomic mass is 10.1. The normalized spacial score (nSPS) is 10.7. The zero-order chi connectivity index (χ0) is 15.7. The van der Waals surface area contributed by atoms with Crippen molar-refractivity contribution in [3.63, 3.8) is 0 Å². The van der Waals surface area contributed by atoms with Gasteiger partial charge in [-0.2, -0.15) is 0 Å². The van der Waals surface area contributed by atoms with Crippen LogP contribution < -0.4 is 0 Å². The van der Waals surface area contributed by atoms with E-state index in [2.05, 4.69) is 18.4 Å². The van der Waals surface area contributed by atoms with Crippen molar-refractivity contribution in [3.05, 3.63) is 83.5 Å². The Bertz CT molecular complexity index is 652. The molecule has 0 bridgehead atoms. The first-order valence-electron chi connectivity index (χ1n) is 6.79. The number of Topliss-reactive ketones (excluding diaryl/α,β-unsaturated/α-hetero) is 1. The topological polar surface area (TPSA) is 17.1 Å². The molecule has 0 spiro atoms. The molecule has 0 aromatic heterocycles. The first-order chi connectivity index (χ1) is 10.0. The molecule has 0 aliphatic heterocycles. The molecule has 0 amide bonds. The number of benzene rings is 1. The molecule has 1 aromatic rings. The Morgan fingerprint density at radius 1 is 1.10 bits per heavy atom. The standard InChI is InChI=1S/C20H20O/c1-5-18(11-10-16(2)3)8-6-7-9-19-12-14-20(15-13-19)17(4)21/h5-6,8,10-15H,1H2,2-4H3/b8-6+,18-11+. The molecule has 1 heteroatoms. The van der Waals surface area contributed by atoms with Crippen LogP contribution in [0.15, 0.2) is 72.4 Å². The summed E-state index contributed by atoms with van der Waals surface area (Å²) in [6.07, 6.45) is 9.55. The van der Waals surface area contributed by atoms with Gasteiger partial charge in [-0.25, -0.2) is 0 Å². The van der Waals surface area contributed by atoms with E-state index in [0.717, 1.165) is 11.1 Å². The van der Waals surface area contributed by atoms with Gasteiger partial charge in [-0.05, 0) is 50.6 Å². The number of carbonyl (C=O) groups is 1. The van der Waals surface area contributed by atoms with Crippen LogP contribution >= 0.6 is 0 Å². The molecule has 0 fully saturated rings. The van der Waals surface area contributed by atoms with E-state index in [1.165, 1.54) is 5.57 Å². The minimum absolute atomic E-state index is 0.0643. The van der Waals surface area contributed by atoms with E-state index in [0.29, 0.717) is 5.56 Å². The van der Waals surface area contributed by atoms with Crippen molar-refractivity contribution in [3.8, 4) is 11.8 Å². The van der Waals surface area contributed by atoms with E-state index >= 15 is 0 Å². The highest BCUT2D eigenvalue weighted by molar-refractivity contribution is 5.94. The molecular formula is C20H20O. The van der Waals surface area contributed by atoms with E-state index in [1.807, 2.05) is 44.2 Å². The first-order valence-corrected chi connectivity index (χ1v) is 6.79. The molecule has 0 unspecified atom stereocenters. The van der Waals surface area contributed by atoms with E-state index < -0.39 is 0 Å². The molecule has 0 aliphatic rings. The molecule has 0 aliphatic carbocycles. The quantitative estimate of drug-likeness (QED) is 0.435. The second kappa shape index (κ2) is 8.55. The van der Waals surface area contributed by atoms with Crippen LogP contribution in [-0.2, 0) is 0 Å². The smallest absolute Gasteiger partial charge is 0.159 e. The maximum Gasteiger partial charge on any atom is 0.159 e. The SMILES string of the molecule is C=CC(/C=C/C#Cc1ccc(C(C)=O)cc1)=C\C=C(C)C. The summed E-state index contributed by atoms with van der Waals surface area (Å²) in [5.41, 5.74) is 3.84. The molecule has 106 valence electrons. The predicted octanol–water partition coefficient (Wildman–Crippen LogP) is 4.88. The third kappa shape index (κ3) is 6.40. The third-order valence-electron chi connectivity index (χ3n) is 2.71. The summed E-state index contributed by atoms with van der Waals surface area (Å²) in [5.74, 6) is 6.07. The minimum Gasteiger partial charge on any atom is -0.295 e. The molecule has 21 heavy (non-hydrogen) atoms. The molecular weight excluding hydrogens is 256 g/mol. The van der Waals surface area contributed by atoms with Crippen molar-refractivity contribution < 1.29 is 4.79 Å². The largest absolute Gasteiger partial charge is 0.295 e. The molecule has 0 heterocycles. The van der Waals surface area contributed by atoms with Gasteiger partial charge in [0.25, 0.3) is 0 Å². The molecule has 1 aromatic carbocycles. The Balaban J connectivity index is 2.76. The highest BCUT2D eigenvalue weighted by Crippen LogP contribution is 2.04. The number of ketones is 1. The number of hydrogen-bond donors (Lipinski definition) is 0. The van der Waals surface area contributed by atoms with Crippen LogP contribution in [0.2, 0.25) is 0 Å². The first kappa shape index (κ1) is 16.5. The van der Waals surface area contributed by atoms with Gasteiger partial charge >= 0.3 is 0 Å². The van der Waals surface area contributed by atoms with Crippen LogP contribution in [0.5, 0.6) is 0 Å². The van der Waals surface area contributed by atoms with Crippen LogP contribution in [0, 0.1) is 11.8 Å². The molecule has 0 N–H and O–H groups in total. The van der Waals surface area contributed by atoms with Gasteiger partial charge in [0.2, 0.25) is 0 Å². The fraction of sp³-hybridized carbons (Fsp3) is 0.150. The molecule has 0 saturated heterocycles. The molecule has 0 atom stereocenters. The Hall–Kier alpha value is -2.59. The number of carbonyl (C=O) groups excluding carboxylic acids is 1. The summed E-state index contributed by atoms with van der Waals surface area (Å²) in [5, 5.41) is 0. The van der Waals surface area contributed by atoms with Gasteiger partial charge in [0.15, 0.2) is 5.78 Å². The van der Waals surface area contributed by atoms with Gasteiger partial charge < -0.3 is 0 Å². The van der Waals surface area contributed by atoms with E-state index in [1.54, 1.807) is 31.2 Å². The summed E-state index contributed by atoms with van der Waals surface area (Å²) in [7, 11) is 0. The van der Waals surface area contributed by atoms with Crippen LogP contribution in [0.3, 0.4) is 0 Å². The van der Waals surface area contributed by atoms with Crippen molar-refractivity contribution in [2.45, 2.75) is 20.8 Å². The Labute approximate surface area is 127 Å². The maximum absolute atomic E-state index is 11.2. The van der Waals surface area contributed by atoms with Crippen molar-refractivity contribution in [2.24, 2.45) is 0 Å². The number of rotatable bonds is 4. The zero-order valence-electron chi connectivity index (χ0n) is 12.8. The van der Waals surface area contributed by atoms with Gasteiger partial charge in [-0.1, -0.05) is 54.4 Å². The second-order valence-corrected chi connectivity index (χ2v) is 4.85. The van der Waals surface area contributed by atoms with Crippen LogP contribution in [0.4, 0.5) is 0 Å². The van der Waals surface area contributed by atoms with Crippen LogP contribution in [0.25, 0.3) is 0 Å². The molecule has 1 nitrogen and oxygen atoms in total. The van der Waals surface area contributed by atoms with Crippen molar-refractivity contribution in [1.29, 1.82) is 0 Å². The van der Waals surface area contributed by atoms with Gasteiger partial charge in [0.05, 0.1) is 0 Å². The summed E-state index contributed by atoms with van der Waals surface area (Å²) < 4.78 is 0. The lowest BCUT2D eigenvalue weighted by molar-refractivity contribution is 0.101. The number of allylic oxidation sites excluding steroid dienone is 7. The van der Waals surface area contributed by atoms with Crippen molar-refractivity contribution >= 4 is 5.78 Å². The van der Waals surface area contributed by atoms with E-state index in [9.17, 15) is 4.79 Å². The highest BCUT2D eigenvalue weighted by atomic mass is 16.1. The van der Waals surface area contributed by atoms with E-state index in [-0.39, 0.29) is 5.78 Å². The lowest BCUT2D eigenvalue weighted by Gasteiger charge is -1.94. The Morgan fingerprint density at radius 3 is 2.29 bits per heavy atom. The summed E-state index contributed by atoms with van der Waals surface area (Å²) in [6.45, 7) is 9.42. The fourth-order valence-corrected chi connectivity index (χ4v) is 1.51. The molecule has 0 radical (unpaired) electrons. The monoisotopic (exact) mass is 276 g/mol. The van der Waals surface area contributed by atoms with Gasteiger partial charge in [-0.15, -0.1) is 0 Å². The Morgan fingerprint density at radius 2 is 1.76 bits per heavy atom. The number of hydrogen-bond acceptors (Lipinski definition) is 1. The van der Waals surface area contributed by atoms with Gasteiger partial charge in [0, 0.05) is 11.1 Å². The summed E-state index contributed by atoms with van der Waals surface area (Å²) in [4.78, 5) is 11.2.